The lowest BCUT2D eigenvalue weighted by Crippen LogP contribution is -2.52. The second-order valence-electron chi connectivity index (χ2n) is 8.59. The number of aromatic nitrogens is 1. The van der Waals surface area contributed by atoms with E-state index in [0.29, 0.717) is 48.1 Å². The summed E-state index contributed by atoms with van der Waals surface area (Å²) < 4.78 is 5.37. The molecule has 2 aromatic rings. The largest absolute Gasteiger partial charge is 0.444 e. The smallest absolute Gasteiger partial charge is 0.410 e. The van der Waals surface area contributed by atoms with Gasteiger partial charge in [-0.15, -0.1) is 0 Å². The summed E-state index contributed by atoms with van der Waals surface area (Å²) in [5, 5.41) is 14.5. The number of hydrogen-bond donors (Lipinski definition) is 3. The highest BCUT2D eigenvalue weighted by Gasteiger charge is 2.35. The minimum absolute atomic E-state index is 0.0459. The number of hydrogen-bond acceptors (Lipinski definition) is 6. The summed E-state index contributed by atoms with van der Waals surface area (Å²) in [5.74, 6) is -0.399. The van der Waals surface area contributed by atoms with Gasteiger partial charge in [0.15, 0.2) is 0 Å². The Morgan fingerprint density at radius 1 is 1.37 bits per heavy atom. The van der Waals surface area contributed by atoms with Gasteiger partial charge in [0.05, 0.1) is 27.4 Å². The van der Waals surface area contributed by atoms with Crippen LogP contribution in [-0.4, -0.2) is 57.8 Å². The van der Waals surface area contributed by atoms with E-state index in [9.17, 15) is 14.7 Å². The van der Waals surface area contributed by atoms with E-state index in [1.807, 2.05) is 20.8 Å². The molecule has 0 bridgehead atoms. The molecule has 4 N–H and O–H groups in total. The summed E-state index contributed by atoms with van der Waals surface area (Å²) in [6.45, 7) is 6.16. The molecule has 30 heavy (non-hydrogen) atoms. The second kappa shape index (κ2) is 8.28. The van der Waals surface area contributed by atoms with Crippen molar-refractivity contribution in [3.05, 3.63) is 35.0 Å². The Morgan fingerprint density at radius 3 is 2.67 bits per heavy atom. The van der Waals surface area contributed by atoms with E-state index in [1.54, 1.807) is 23.2 Å². The molecule has 0 radical (unpaired) electrons. The number of nitrogens with zero attached hydrogens (tertiary/aromatic N) is 2. The van der Waals surface area contributed by atoms with Gasteiger partial charge in [-0.2, -0.15) is 0 Å². The molecule has 0 saturated carbocycles. The molecule has 1 saturated heterocycles. The highest BCUT2D eigenvalue weighted by molar-refractivity contribution is 6.35. The first-order valence-corrected chi connectivity index (χ1v) is 10.2. The Labute approximate surface area is 180 Å². The fourth-order valence-corrected chi connectivity index (χ4v) is 3.57. The van der Waals surface area contributed by atoms with E-state index < -0.39 is 23.2 Å². The molecule has 0 spiro atoms. The monoisotopic (exact) mass is 434 g/mol. The molecule has 162 valence electrons. The Balaban J connectivity index is 1.64. The van der Waals surface area contributed by atoms with Crippen LogP contribution >= 0.6 is 11.6 Å². The number of nitrogen functional groups attached to an aromatic ring is 1. The van der Waals surface area contributed by atoms with Gasteiger partial charge in [0.1, 0.15) is 5.60 Å². The number of carbonyl (C=O) groups excluding carboxylic acids is 2. The van der Waals surface area contributed by atoms with Gasteiger partial charge in [0.2, 0.25) is 0 Å². The number of nitrogens with two attached hydrogens (primary N) is 1. The summed E-state index contributed by atoms with van der Waals surface area (Å²) in [7, 11) is 0. The van der Waals surface area contributed by atoms with Crippen LogP contribution in [0.15, 0.2) is 24.4 Å². The van der Waals surface area contributed by atoms with E-state index in [4.69, 9.17) is 22.1 Å². The van der Waals surface area contributed by atoms with Crippen molar-refractivity contribution in [1.29, 1.82) is 0 Å². The van der Waals surface area contributed by atoms with Crippen molar-refractivity contribution in [2.24, 2.45) is 0 Å². The first-order chi connectivity index (χ1) is 14.0. The molecule has 1 aliphatic rings. The van der Waals surface area contributed by atoms with Crippen molar-refractivity contribution in [2.75, 3.05) is 25.4 Å². The first-order valence-electron chi connectivity index (χ1n) is 9.80. The average Bonchev–Trinajstić information content (AvgIpc) is 2.68. The number of pyridine rings is 1. The predicted octanol–water partition coefficient (Wildman–Crippen LogP) is 2.96. The summed E-state index contributed by atoms with van der Waals surface area (Å²) in [6.07, 6.45) is 1.83. The van der Waals surface area contributed by atoms with Gasteiger partial charge in [-0.25, -0.2) is 4.79 Å². The Hall–Kier alpha value is -2.58. The second-order valence-corrected chi connectivity index (χ2v) is 9.00. The average molecular weight is 435 g/mol. The van der Waals surface area contributed by atoms with Crippen LogP contribution in [0.1, 0.15) is 44.0 Å². The summed E-state index contributed by atoms with van der Waals surface area (Å²) in [5.41, 5.74) is 5.40. The van der Waals surface area contributed by atoms with Crippen LogP contribution in [0.2, 0.25) is 5.02 Å². The number of anilines is 1. The number of aliphatic hydroxyl groups is 1. The SMILES string of the molecule is CC(C)(C)OC(=O)N1CCC(O)(CNC(=O)c2cc(Cl)c(N)c3cccnc23)CC1. The molecule has 2 heterocycles. The molecule has 8 nitrogen and oxygen atoms in total. The highest BCUT2D eigenvalue weighted by Crippen LogP contribution is 2.30. The molecular weight excluding hydrogens is 408 g/mol. The number of amides is 2. The van der Waals surface area contributed by atoms with Gasteiger partial charge in [-0.1, -0.05) is 11.6 Å². The number of likely N-dealkylation sites (tertiary alicyclic amines) is 1. The van der Waals surface area contributed by atoms with Gasteiger partial charge in [-0.3, -0.25) is 9.78 Å². The van der Waals surface area contributed by atoms with E-state index in [2.05, 4.69) is 10.3 Å². The van der Waals surface area contributed by atoms with Crippen LogP contribution in [0.4, 0.5) is 10.5 Å². The van der Waals surface area contributed by atoms with Gasteiger partial charge >= 0.3 is 6.09 Å². The van der Waals surface area contributed by atoms with Crippen LogP contribution in [-0.2, 0) is 4.74 Å². The standard InChI is InChI=1S/C21H27ClN4O4/c1-20(2,3)30-19(28)26-9-6-21(29,7-10-26)12-25-18(27)14-11-15(22)16(23)13-5-4-8-24-17(13)14/h4-5,8,11,29H,6-7,9-10,12,23H2,1-3H3,(H,25,27). The summed E-state index contributed by atoms with van der Waals surface area (Å²) in [4.78, 5) is 30.8. The zero-order valence-electron chi connectivity index (χ0n) is 17.4. The third-order valence-electron chi connectivity index (χ3n) is 5.05. The van der Waals surface area contributed by atoms with Crippen LogP contribution in [0, 0.1) is 0 Å². The minimum atomic E-state index is -1.12. The van der Waals surface area contributed by atoms with Crippen molar-refractivity contribution < 1.29 is 19.4 Å². The lowest BCUT2D eigenvalue weighted by Gasteiger charge is -2.38. The van der Waals surface area contributed by atoms with E-state index >= 15 is 0 Å². The van der Waals surface area contributed by atoms with Crippen LogP contribution in [0.25, 0.3) is 10.9 Å². The van der Waals surface area contributed by atoms with Crippen molar-refractivity contribution in [3.63, 3.8) is 0 Å². The number of rotatable bonds is 3. The van der Waals surface area contributed by atoms with Crippen LogP contribution in [0.5, 0.6) is 0 Å². The molecular formula is C21H27ClN4O4. The van der Waals surface area contributed by atoms with Gasteiger partial charge in [0.25, 0.3) is 5.91 Å². The summed E-state index contributed by atoms with van der Waals surface area (Å²) in [6, 6.07) is 4.95. The molecule has 1 aliphatic heterocycles. The van der Waals surface area contributed by atoms with Crippen LogP contribution in [0.3, 0.4) is 0 Å². The minimum Gasteiger partial charge on any atom is -0.444 e. The predicted molar refractivity (Wildman–Crippen MR) is 115 cm³/mol. The maximum atomic E-state index is 12.8. The van der Waals surface area contributed by atoms with Crippen molar-refractivity contribution in [2.45, 2.75) is 44.8 Å². The van der Waals surface area contributed by atoms with Crippen molar-refractivity contribution >= 4 is 40.2 Å². The fraction of sp³-hybridized carbons (Fsp3) is 0.476. The molecule has 1 aromatic carbocycles. The molecule has 1 aromatic heterocycles. The number of piperidine rings is 1. The van der Waals surface area contributed by atoms with Gasteiger partial charge in [-0.05, 0) is 51.8 Å². The third-order valence-corrected chi connectivity index (χ3v) is 5.36. The fourth-order valence-electron chi connectivity index (χ4n) is 3.36. The molecule has 3 rings (SSSR count). The maximum absolute atomic E-state index is 12.8. The quantitative estimate of drug-likeness (QED) is 0.639. The number of benzene rings is 1. The topological polar surface area (TPSA) is 118 Å². The zero-order valence-corrected chi connectivity index (χ0v) is 18.1. The van der Waals surface area contributed by atoms with Gasteiger partial charge in [0, 0.05) is 31.2 Å². The first kappa shape index (κ1) is 22.1. The Bertz CT molecular complexity index is 965. The zero-order chi connectivity index (χ0) is 22.1. The molecule has 9 heteroatoms. The molecule has 1 fully saturated rings. The number of carbonyl (C=O) groups is 2. The van der Waals surface area contributed by atoms with Crippen molar-refractivity contribution in [1.82, 2.24) is 15.2 Å². The Kier molecular flexibility index (Phi) is 6.10. The van der Waals surface area contributed by atoms with E-state index in [0.717, 1.165) is 0 Å². The van der Waals surface area contributed by atoms with Crippen molar-refractivity contribution in [3.8, 4) is 0 Å². The number of nitrogens with one attached hydrogen (secondary N) is 1. The van der Waals surface area contributed by atoms with Crippen LogP contribution < -0.4 is 11.1 Å². The number of ether oxygens (including phenoxy) is 1. The highest BCUT2D eigenvalue weighted by atomic mass is 35.5. The van der Waals surface area contributed by atoms with Gasteiger partial charge < -0.3 is 25.8 Å². The Morgan fingerprint density at radius 2 is 2.03 bits per heavy atom. The lowest BCUT2D eigenvalue weighted by atomic mass is 9.91. The molecule has 0 aliphatic carbocycles. The third kappa shape index (κ3) is 4.94. The molecule has 2 amide bonds. The maximum Gasteiger partial charge on any atom is 0.410 e. The molecule has 0 unspecified atom stereocenters. The van der Waals surface area contributed by atoms with E-state index in [1.165, 1.54) is 6.07 Å². The number of fused-ring (bicyclic) bond motifs is 1. The summed E-state index contributed by atoms with van der Waals surface area (Å²) >= 11 is 6.17. The normalized spacial score (nSPS) is 16.4. The number of halogens is 1. The van der Waals surface area contributed by atoms with E-state index in [-0.39, 0.29) is 11.6 Å². The lowest BCUT2D eigenvalue weighted by molar-refractivity contribution is -0.0303. The molecule has 0 atom stereocenters.